The van der Waals surface area contributed by atoms with E-state index in [2.05, 4.69) is 50.8 Å². The van der Waals surface area contributed by atoms with Gasteiger partial charge in [0.1, 0.15) is 5.69 Å². The van der Waals surface area contributed by atoms with Crippen LogP contribution in [-0.4, -0.2) is 26.9 Å². The lowest BCUT2D eigenvalue weighted by Gasteiger charge is -2.17. The van der Waals surface area contributed by atoms with Gasteiger partial charge in [-0.3, -0.25) is 4.98 Å². The molecule has 0 amide bonds. The van der Waals surface area contributed by atoms with Crippen LogP contribution in [0.2, 0.25) is 0 Å². The van der Waals surface area contributed by atoms with Gasteiger partial charge in [-0.05, 0) is 23.6 Å². The van der Waals surface area contributed by atoms with Crippen LogP contribution >= 0.6 is 0 Å². The van der Waals surface area contributed by atoms with E-state index in [4.69, 9.17) is 0 Å². The van der Waals surface area contributed by atoms with Gasteiger partial charge in [0.15, 0.2) is 0 Å². The molecule has 5 heteroatoms. The van der Waals surface area contributed by atoms with Crippen molar-refractivity contribution in [3.8, 4) is 0 Å². The highest BCUT2D eigenvalue weighted by Gasteiger charge is 2.17. The second-order valence-electron chi connectivity index (χ2n) is 4.33. The summed E-state index contributed by atoms with van der Waals surface area (Å²) in [7, 11) is 0. The SMILES string of the molecule is CCNC(c1cn[nH]n1)c1cccc2ccncc12. The fourth-order valence-electron chi connectivity index (χ4n) is 2.32. The fourth-order valence-corrected chi connectivity index (χ4v) is 2.32. The summed E-state index contributed by atoms with van der Waals surface area (Å²) in [5.41, 5.74) is 2.06. The van der Waals surface area contributed by atoms with Crippen molar-refractivity contribution in [2.45, 2.75) is 13.0 Å². The zero-order valence-electron chi connectivity index (χ0n) is 10.7. The average molecular weight is 253 g/mol. The average Bonchev–Trinajstić information content (AvgIpc) is 2.98. The van der Waals surface area contributed by atoms with Crippen LogP contribution in [0, 0.1) is 0 Å². The van der Waals surface area contributed by atoms with E-state index in [0.29, 0.717) is 0 Å². The first-order valence-corrected chi connectivity index (χ1v) is 6.32. The molecule has 1 unspecified atom stereocenters. The molecule has 0 spiro atoms. The van der Waals surface area contributed by atoms with Gasteiger partial charge in [0, 0.05) is 17.8 Å². The van der Waals surface area contributed by atoms with Crippen molar-refractivity contribution in [2.75, 3.05) is 6.54 Å². The Kier molecular flexibility index (Phi) is 3.20. The van der Waals surface area contributed by atoms with Crippen LogP contribution in [0.15, 0.2) is 42.9 Å². The predicted octanol–water partition coefficient (Wildman–Crippen LogP) is 2.05. The molecule has 0 aliphatic heterocycles. The molecule has 0 aliphatic rings. The van der Waals surface area contributed by atoms with Gasteiger partial charge in [-0.2, -0.15) is 15.4 Å². The third-order valence-electron chi connectivity index (χ3n) is 3.17. The highest BCUT2D eigenvalue weighted by Crippen LogP contribution is 2.26. The Morgan fingerprint density at radius 3 is 3.00 bits per heavy atom. The molecule has 1 atom stereocenters. The molecule has 0 saturated carbocycles. The van der Waals surface area contributed by atoms with Crippen molar-refractivity contribution in [3.05, 3.63) is 54.1 Å². The molecular formula is C14H15N5. The maximum Gasteiger partial charge on any atom is 0.104 e. The molecule has 0 radical (unpaired) electrons. The molecule has 0 fully saturated rings. The summed E-state index contributed by atoms with van der Waals surface area (Å²) in [6.07, 6.45) is 5.46. The summed E-state index contributed by atoms with van der Waals surface area (Å²) in [6, 6.07) is 8.29. The first-order valence-electron chi connectivity index (χ1n) is 6.32. The number of hydrogen-bond acceptors (Lipinski definition) is 4. The largest absolute Gasteiger partial charge is 0.305 e. The van der Waals surface area contributed by atoms with Gasteiger partial charge in [-0.25, -0.2) is 0 Å². The zero-order valence-corrected chi connectivity index (χ0v) is 10.7. The van der Waals surface area contributed by atoms with Gasteiger partial charge in [0.2, 0.25) is 0 Å². The minimum absolute atomic E-state index is 0.0247. The number of nitrogens with one attached hydrogen (secondary N) is 2. The van der Waals surface area contributed by atoms with Crippen molar-refractivity contribution in [3.63, 3.8) is 0 Å². The summed E-state index contributed by atoms with van der Waals surface area (Å²) in [4.78, 5) is 4.23. The van der Waals surface area contributed by atoms with Gasteiger partial charge >= 0.3 is 0 Å². The van der Waals surface area contributed by atoms with Crippen LogP contribution < -0.4 is 5.32 Å². The molecule has 5 nitrogen and oxygen atoms in total. The number of aromatic nitrogens is 4. The van der Waals surface area contributed by atoms with Gasteiger partial charge in [-0.15, -0.1) is 0 Å². The molecule has 2 aromatic heterocycles. The third-order valence-corrected chi connectivity index (χ3v) is 3.17. The smallest absolute Gasteiger partial charge is 0.104 e. The summed E-state index contributed by atoms with van der Waals surface area (Å²) in [6.45, 7) is 2.94. The molecule has 1 aromatic carbocycles. The lowest BCUT2D eigenvalue weighted by atomic mass is 9.98. The molecule has 0 bridgehead atoms. The van der Waals surface area contributed by atoms with Crippen LogP contribution in [0.25, 0.3) is 10.8 Å². The Morgan fingerprint density at radius 1 is 1.26 bits per heavy atom. The predicted molar refractivity (Wildman–Crippen MR) is 73.6 cm³/mol. The Labute approximate surface area is 111 Å². The molecule has 0 saturated heterocycles. The van der Waals surface area contributed by atoms with E-state index in [1.54, 1.807) is 6.20 Å². The van der Waals surface area contributed by atoms with E-state index < -0.39 is 0 Å². The summed E-state index contributed by atoms with van der Waals surface area (Å²) in [5, 5.41) is 16.5. The Morgan fingerprint density at radius 2 is 2.21 bits per heavy atom. The highest BCUT2D eigenvalue weighted by molar-refractivity contribution is 5.85. The molecule has 96 valence electrons. The van der Waals surface area contributed by atoms with E-state index in [9.17, 15) is 0 Å². The van der Waals surface area contributed by atoms with E-state index in [1.807, 2.05) is 18.5 Å². The monoisotopic (exact) mass is 253 g/mol. The van der Waals surface area contributed by atoms with Crippen molar-refractivity contribution in [1.82, 2.24) is 25.7 Å². The van der Waals surface area contributed by atoms with Crippen LogP contribution in [0.5, 0.6) is 0 Å². The van der Waals surface area contributed by atoms with E-state index >= 15 is 0 Å². The Bertz CT molecular complexity index is 657. The number of aromatic amines is 1. The number of H-pyrrole nitrogens is 1. The molecule has 19 heavy (non-hydrogen) atoms. The third kappa shape index (κ3) is 2.20. The summed E-state index contributed by atoms with van der Waals surface area (Å²) >= 11 is 0. The Balaban J connectivity index is 2.15. The number of nitrogens with zero attached hydrogens (tertiary/aromatic N) is 3. The second kappa shape index (κ2) is 5.16. The van der Waals surface area contributed by atoms with Gasteiger partial charge < -0.3 is 5.32 Å². The topological polar surface area (TPSA) is 66.5 Å². The first-order chi connectivity index (χ1) is 9.40. The molecular weight excluding hydrogens is 238 g/mol. The molecule has 2 heterocycles. The number of fused-ring (bicyclic) bond motifs is 1. The number of hydrogen-bond donors (Lipinski definition) is 2. The van der Waals surface area contributed by atoms with Gasteiger partial charge in [0.25, 0.3) is 0 Å². The van der Waals surface area contributed by atoms with Crippen molar-refractivity contribution in [2.24, 2.45) is 0 Å². The van der Waals surface area contributed by atoms with E-state index in [1.165, 1.54) is 10.9 Å². The molecule has 3 aromatic rings. The molecule has 0 aliphatic carbocycles. The maximum atomic E-state index is 4.23. The fraction of sp³-hybridized carbons (Fsp3) is 0.214. The van der Waals surface area contributed by atoms with Crippen molar-refractivity contribution >= 4 is 10.8 Å². The normalized spacial score (nSPS) is 12.7. The quantitative estimate of drug-likeness (QED) is 0.747. The van der Waals surface area contributed by atoms with Crippen LogP contribution in [0.1, 0.15) is 24.2 Å². The number of rotatable bonds is 4. The van der Waals surface area contributed by atoms with E-state index in [0.717, 1.165) is 17.6 Å². The van der Waals surface area contributed by atoms with Crippen molar-refractivity contribution in [1.29, 1.82) is 0 Å². The van der Waals surface area contributed by atoms with Gasteiger partial charge in [-0.1, -0.05) is 25.1 Å². The highest BCUT2D eigenvalue weighted by atomic mass is 15.3. The lowest BCUT2D eigenvalue weighted by Crippen LogP contribution is -2.22. The number of benzene rings is 1. The van der Waals surface area contributed by atoms with Crippen LogP contribution in [-0.2, 0) is 0 Å². The van der Waals surface area contributed by atoms with E-state index in [-0.39, 0.29) is 6.04 Å². The summed E-state index contributed by atoms with van der Waals surface area (Å²) in [5.74, 6) is 0. The Hall–Kier alpha value is -2.27. The minimum atomic E-state index is 0.0247. The van der Waals surface area contributed by atoms with Gasteiger partial charge in [0.05, 0.1) is 12.2 Å². The van der Waals surface area contributed by atoms with Crippen LogP contribution in [0.3, 0.4) is 0 Å². The van der Waals surface area contributed by atoms with Crippen molar-refractivity contribution < 1.29 is 0 Å². The lowest BCUT2D eigenvalue weighted by molar-refractivity contribution is 0.617. The molecule has 3 rings (SSSR count). The zero-order chi connectivity index (χ0) is 13.1. The number of pyridine rings is 1. The molecule has 2 N–H and O–H groups in total. The second-order valence-corrected chi connectivity index (χ2v) is 4.33. The standard InChI is InChI=1S/C14H15N5/c1-2-16-14(13-9-17-19-18-13)11-5-3-4-10-6-7-15-8-12(10)11/h3-9,14,16H,2H2,1H3,(H,17,18,19). The first kappa shape index (κ1) is 11.8. The minimum Gasteiger partial charge on any atom is -0.305 e. The summed E-state index contributed by atoms with van der Waals surface area (Å²) < 4.78 is 0. The maximum absolute atomic E-state index is 4.23. The van der Waals surface area contributed by atoms with Crippen LogP contribution in [0.4, 0.5) is 0 Å².